The van der Waals surface area contributed by atoms with Crippen molar-refractivity contribution in [1.29, 1.82) is 0 Å². The molecule has 2 atom stereocenters. The highest BCUT2D eigenvalue weighted by Crippen LogP contribution is 2.44. The van der Waals surface area contributed by atoms with Gasteiger partial charge in [0.15, 0.2) is 11.5 Å². The molecule has 2 aliphatic rings. The molecule has 4 rings (SSSR count). The number of amides is 1. The maximum Gasteiger partial charge on any atom is 0.270 e. The number of benzene rings is 2. The second-order valence-electron chi connectivity index (χ2n) is 8.48. The number of nitrogens with zero attached hydrogens (tertiary/aromatic N) is 1. The molecule has 0 aliphatic carbocycles. The van der Waals surface area contributed by atoms with Gasteiger partial charge in [-0.05, 0) is 49.3 Å². The van der Waals surface area contributed by atoms with Crippen LogP contribution in [0, 0.1) is 11.6 Å². The summed E-state index contributed by atoms with van der Waals surface area (Å²) in [6.07, 6.45) is 2.49. The van der Waals surface area contributed by atoms with Gasteiger partial charge in [0.2, 0.25) is 0 Å². The molecule has 0 bridgehead atoms. The lowest BCUT2D eigenvalue weighted by atomic mass is 10.1. The number of carbonyl (C=O) groups excluding carboxylic acids is 1. The lowest BCUT2D eigenvalue weighted by molar-refractivity contribution is 0.0302. The van der Waals surface area contributed by atoms with Crippen molar-refractivity contribution in [3.8, 4) is 11.5 Å². The molecule has 2 heterocycles. The molecule has 0 radical (unpaired) electrons. The van der Waals surface area contributed by atoms with Crippen LogP contribution in [0.5, 0.6) is 11.5 Å². The van der Waals surface area contributed by atoms with Gasteiger partial charge in [-0.25, -0.2) is 17.6 Å². The Hall–Kier alpha value is -3.30. The average Bonchev–Trinajstić information content (AvgIpc) is 3.29. The van der Waals surface area contributed by atoms with Crippen LogP contribution >= 0.6 is 11.6 Å². The molecule has 38 heavy (non-hydrogen) atoms. The maximum absolute atomic E-state index is 14.0. The summed E-state index contributed by atoms with van der Waals surface area (Å²) in [7, 11) is 0. The highest BCUT2D eigenvalue weighted by molar-refractivity contribution is 6.34. The molecule has 0 spiro atoms. The van der Waals surface area contributed by atoms with E-state index in [4.69, 9.17) is 25.8 Å². The van der Waals surface area contributed by atoms with Gasteiger partial charge in [0.1, 0.15) is 23.6 Å². The summed E-state index contributed by atoms with van der Waals surface area (Å²) in [5.41, 5.74) is 0.936. The zero-order chi connectivity index (χ0) is 27.8. The van der Waals surface area contributed by atoms with Crippen LogP contribution in [-0.2, 0) is 4.74 Å². The lowest BCUT2D eigenvalue weighted by Crippen LogP contribution is -2.40. The van der Waals surface area contributed by atoms with E-state index in [1.165, 1.54) is 18.2 Å². The van der Waals surface area contributed by atoms with Crippen LogP contribution in [0.2, 0.25) is 5.02 Å². The number of fused-ring (bicyclic) bond motifs is 1. The number of halogens is 5. The summed E-state index contributed by atoms with van der Waals surface area (Å²) >= 11 is 6.23. The maximum atomic E-state index is 14.0. The van der Waals surface area contributed by atoms with Crippen LogP contribution < -0.4 is 9.47 Å². The standard InChI is InChI=1S/C18H14ClF2NO4.C10H14F2/c19-13-9-16-15(8-12(13)17(23)22-3-5-24-6-4-22)25-18(26-16)11-2-1-10(20)7-14(11)21;1-4-5-8(2)10(12)7-6-9(3)11/h1-2,7-9,18H,3-6H2;5-7,10H,3-4H2,1-2H3/b;7-6?,8-5-. The van der Waals surface area contributed by atoms with E-state index in [1.54, 1.807) is 17.9 Å². The molecule has 10 heteroatoms. The molecular formula is C28H28ClF4NO4. The van der Waals surface area contributed by atoms with Gasteiger partial charge >= 0.3 is 0 Å². The summed E-state index contributed by atoms with van der Waals surface area (Å²) in [6.45, 7) is 8.50. The van der Waals surface area contributed by atoms with Crippen LogP contribution in [0.4, 0.5) is 17.6 Å². The zero-order valence-corrected chi connectivity index (χ0v) is 21.7. The fourth-order valence-corrected chi connectivity index (χ4v) is 3.90. The van der Waals surface area contributed by atoms with E-state index in [0.29, 0.717) is 37.6 Å². The fraction of sp³-hybridized carbons (Fsp3) is 0.321. The number of hydrogen-bond acceptors (Lipinski definition) is 4. The quantitative estimate of drug-likeness (QED) is 0.214. The van der Waals surface area contributed by atoms with Crippen molar-refractivity contribution in [2.75, 3.05) is 26.3 Å². The molecule has 2 aromatic rings. The van der Waals surface area contributed by atoms with Gasteiger partial charge in [-0.15, -0.1) is 0 Å². The summed E-state index contributed by atoms with van der Waals surface area (Å²) in [6, 6.07) is 6.07. The van der Waals surface area contributed by atoms with Crippen LogP contribution in [-0.4, -0.2) is 43.3 Å². The third-order valence-electron chi connectivity index (χ3n) is 5.65. The first-order chi connectivity index (χ1) is 18.1. The minimum atomic E-state index is -1.20. The second-order valence-corrected chi connectivity index (χ2v) is 8.89. The molecule has 0 aromatic heterocycles. The second kappa shape index (κ2) is 13.5. The summed E-state index contributed by atoms with van der Waals surface area (Å²) < 4.78 is 68.5. The van der Waals surface area contributed by atoms with Crippen LogP contribution in [0.3, 0.4) is 0 Å². The lowest BCUT2D eigenvalue weighted by Gasteiger charge is -2.27. The van der Waals surface area contributed by atoms with Crippen molar-refractivity contribution in [2.24, 2.45) is 0 Å². The third-order valence-corrected chi connectivity index (χ3v) is 5.97. The van der Waals surface area contributed by atoms with Crippen molar-refractivity contribution in [3.05, 3.63) is 94.3 Å². The van der Waals surface area contributed by atoms with Gasteiger partial charge < -0.3 is 19.1 Å². The Labute approximate surface area is 223 Å². The molecule has 1 amide bonds. The SMILES string of the molecule is C=C(F)C=CC(F)/C(C)=C\CC.O=C(c1cc2c(cc1Cl)OC(c1ccc(F)cc1F)O2)N1CCOCC1. The fourth-order valence-electron chi connectivity index (χ4n) is 3.67. The predicted molar refractivity (Wildman–Crippen MR) is 137 cm³/mol. The van der Waals surface area contributed by atoms with Gasteiger partial charge in [0.25, 0.3) is 12.2 Å². The van der Waals surface area contributed by atoms with E-state index >= 15 is 0 Å². The van der Waals surface area contributed by atoms with Crippen molar-refractivity contribution in [3.63, 3.8) is 0 Å². The molecular weight excluding hydrogens is 526 g/mol. The van der Waals surface area contributed by atoms with Crippen molar-refractivity contribution < 1.29 is 36.6 Å². The van der Waals surface area contributed by atoms with E-state index in [2.05, 4.69) is 6.58 Å². The number of hydrogen-bond donors (Lipinski definition) is 0. The smallest absolute Gasteiger partial charge is 0.270 e. The number of allylic oxidation sites excluding steroid dienone is 5. The summed E-state index contributed by atoms with van der Waals surface area (Å²) in [5.74, 6) is -1.76. The largest absolute Gasteiger partial charge is 0.447 e. The van der Waals surface area contributed by atoms with Crippen LogP contribution in [0.15, 0.2) is 66.5 Å². The van der Waals surface area contributed by atoms with Gasteiger partial charge in [0, 0.05) is 25.2 Å². The monoisotopic (exact) mass is 553 g/mol. The first-order valence-electron chi connectivity index (χ1n) is 11.9. The zero-order valence-electron chi connectivity index (χ0n) is 21.0. The molecule has 204 valence electrons. The summed E-state index contributed by atoms with van der Waals surface area (Å²) in [4.78, 5) is 14.3. The number of morpholine rings is 1. The number of alkyl halides is 1. The van der Waals surface area contributed by atoms with Gasteiger partial charge in [-0.1, -0.05) is 31.2 Å². The molecule has 2 unspecified atom stereocenters. The van der Waals surface area contributed by atoms with Gasteiger partial charge in [-0.3, -0.25) is 4.79 Å². The van der Waals surface area contributed by atoms with Crippen molar-refractivity contribution in [2.45, 2.75) is 32.7 Å². The topological polar surface area (TPSA) is 48.0 Å². The number of carbonyl (C=O) groups is 1. The Morgan fingerprint density at radius 2 is 1.84 bits per heavy atom. The highest BCUT2D eigenvalue weighted by Gasteiger charge is 2.31. The van der Waals surface area contributed by atoms with E-state index in [0.717, 1.165) is 30.7 Å². The van der Waals surface area contributed by atoms with E-state index in [-0.39, 0.29) is 27.8 Å². The summed E-state index contributed by atoms with van der Waals surface area (Å²) in [5, 5.41) is 0.212. The number of ether oxygens (including phenoxy) is 3. The van der Waals surface area contributed by atoms with Crippen molar-refractivity contribution in [1.82, 2.24) is 4.90 Å². The van der Waals surface area contributed by atoms with Crippen molar-refractivity contribution >= 4 is 17.5 Å². The minimum Gasteiger partial charge on any atom is -0.447 e. The molecule has 0 N–H and O–H groups in total. The Bertz CT molecular complexity index is 1230. The average molecular weight is 554 g/mol. The molecule has 0 saturated carbocycles. The first-order valence-corrected chi connectivity index (χ1v) is 12.3. The van der Waals surface area contributed by atoms with Gasteiger partial charge in [-0.2, -0.15) is 0 Å². The van der Waals surface area contributed by atoms with E-state index in [9.17, 15) is 22.4 Å². The van der Waals surface area contributed by atoms with Gasteiger partial charge in [0.05, 0.1) is 29.4 Å². The van der Waals surface area contributed by atoms with Crippen LogP contribution in [0.1, 0.15) is 42.5 Å². The molecule has 2 aliphatic heterocycles. The molecule has 5 nitrogen and oxygen atoms in total. The minimum absolute atomic E-state index is 0.0554. The molecule has 1 fully saturated rings. The molecule has 2 aromatic carbocycles. The number of rotatable bonds is 6. The van der Waals surface area contributed by atoms with Crippen LogP contribution in [0.25, 0.3) is 0 Å². The normalized spacial score (nSPS) is 17.7. The molecule has 1 saturated heterocycles. The Kier molecular flexibility index (Phi) is 10.4. The van der Waals surface area contributed by atoms with E-state index in [1.807, 2.05) is 6.92 Å². The Morgan fingerprint density at radius 1 is 1.18 bits per heavy atom. The Morgan fingerprint density at radius 3 is 2.45 bits per heavy atom. The van der Waals surface area contributed by atoms with E-state index < -0.39 is 29.9 Å². The highest BCUT2D eigenvalue weighted by atomic mass is 35.5. The third kappa shape index (κ3) is 7.61. The Balaban J connectivity index is 0.000000284. The predicted octanol–water partition coefficient (Wildman–Crippen LogP) is 7.28. The first kappa shape index (κ1) is 29.3.